The summed E-state index contributed by atoms with van der Waals surface area (Å²) in [7, 11) is 1.69. The van der Waals surface area contributed by atoms with Gasteiger partial charge in [-0.25, -0.2) is 4.98 Å². The number of nitrogens with one attached hydrogen (secondary N) is 1. The first kappa shape index (κ1) is 14.0. The van der Waals surface area contributed by atoms with Crippen molar-refractivity contribution in [3.05, 3.63) is 58.5 Å². The van der Waals surface area contributed by atoms with Crippen LogP contribution in [0.3, 0.4) is 0 Å². The van der Waals surface area contributed by atoms with E-state index in [1.165, 1.54) is 16.3 Å². The third-order valence-electron chi connectivity index (χ3n) is 3.61. The number of fused-ring (bicyclic) bond motifs is 1. The molecule has 1 aromatic heterocycles. The minimum Gasteiger partial charge on any atom is -0.497 e. The average molecular weight is 298 g/mol. The second-order valence-electron chi connectivity index (χ2n) is 5.00. The summed E-state index contributed by atoms with van der Waals surface area (Å²) in [5.74, 6) is 0.894. The van der Waals surface area contributed by atoms with Crippen molar-refractivity contribution >= 4 is 22.1 Å². The number of hydrogen-bond donors (Lipinski definition) is 1. The van der Waals surface area contributed by atoms with E-state index in [9.17, 15) is 0 Å². The van der Waals surface area contributed by atoms with Crippen molar-refractivity contribution in [3.8, 4) is 5.75 Å². The number of hydrogen-bond acceptors (Lipinski definition) is 4. The van der Waals surface area contributed by atoms with Gasteiger partial charge in [0.25, 0.3) is 0 Å². The Hall–Kier alpha value is -1.91. The van der Waals surface area contributed by atoms with Crippen LogP contribution in [0.15, 0.2) is 48.0 Å². The summed E-state index contributed by atoms with van der Waals surface area (Å²) in [5, 5.41) is 9.07. The summed E-state index contributed by atoms with van der Waals surface area (Å²) in [5.41, 5.74) is 1.28. The molecule has 0 saturated heterocycles. The van der Waals surface area contributed by atoms with Crippen molar-refractivity contribution < 1.29 is 4.74 Å². The molecule has 3 aromatic rings. The molecule has 0 aliphatic carbocycles. The Morgan fingerprint density at radius 3 is 2.76 bits per heavy atom. The molecule has 108 valence electrons. The molecule has 21 heavy (non-hydrogen) atoms. The zero-order valence-corrected chi connectivity index (χ0v) is 13.0. The van der Waals surface area contributed by atoms with Gasteiger partial charge in [-0.3, -0.25) is 0 Å². The minimum atomic E-state index is 0.292. The summed E-state index contributed by atoms with van der Waals surface area (Å²) < 4.78 is 5.26. The number of aromatic nitrogens is 1. The van der Waals surface area contributed by atoms with E-state index in [0.29, 0.717) is 6.04 Å². The summed E-state index contributed by atoms with van der Waals surface area (Å²) >= 11 is 1.68. The van der Waals surface area contributed by atoms with Gasteiger partial charge in [0.1, 0.15) is 10.8 Å². The molecule has 1 unspecified atom stereocenters. The third-order valence-corrected chi connectivity index (χ3v) is 4.39. The van der Waals surface area contributed by atoms with E-state index in [4.69, 9.17) is 4.74 Å². The van der Waals surface area contributed by atoms with Crippen LogP contribution < -0.4 is 10.1 Å². The van der Waals surface area contributed by atoms with E-state index in [0.717, 1.165) is 17.3 Å². The monoisotopic (exact) mass is 298 g/mol. The fourth-order valence-corrected chi connectivity index (χ4v) is 2.90. The van der Waals surface area contributed by atoms with E-state index >= 15 is 0 Å². The van der Waals surface area contributed by atoms with Gasteiger partial charge in [0.15, 0.2) is 0 Å². The predicted octanol–water partition coefficient (Wildman–Crippen LogP) is 4.16. The number of nitrogens with zero attached hydrogens (tertiary/aromatic N) is 1. The van der Waals surface area contributed by atoms with Crippen molar-refractivity contribution in [2.75, 3.05) is 7.11 Å². The van der Waals surface area contributed by atoms with Crippen molar-refractivity contribution in [1.82, 2.24) is 10.3 Å². The minimum absolute atomic E-state index is 0.292. The number of benzene rings is 2. The summed E-state index contributed by atoms with van der Waals surface area (Å²) in [6.07, 6.45) is 1.84. The highest BCUT2D eigenvalue weighted by Gasteiger charge is 2.07. The maximum absolute atomic E-state index is 5.26. The first-order chi connectivity index (χ1) is 10.3. The lowest BCUT2D eigenvalue weighted by Gasteiger charge is -2.14. The van der Waals surface area contributed by atoms with Crippen LogP contribution in [0.25, 0.3) is 10.8 Å². The molecule has 0 spiro atoms. The zero-order valence-electron chi connectivity index (χ0n) is 12.2. The second-order valence-corrected chi connectivity index (χ2v) is 5.98. The molecule has 0 aliphatic rings. The van der Waals surface area contributed by atoms with Crippen LogP contribution in [-0.4, -0.2) is 12.1 Å². The Labute approximate surface area is 128 Å². The Morgan fingerprint density at radius 2 is 2.00 bits per heavy atom. The van der Waals surface area contributed by atoms with Crippen LogP contribution >= 0.6 is 11.3 Å². The molecular weight excluding hydrogens is 280 g/mol. The van der Waals surface area contributed by atoms with Gasteiger partial charge in [0, 0.05) is 24.2 Å². The molecule has 0 radical (unpaired) electrons. The number of thiazole rings is 1. The van der Waals surface area contributed by atoms with Crippen LogP contribution in [0.2, 0.25) is 0 Å². The third kappa shape index (κ3) is 3.23. The molecule has 1 heterocycles. The Balaban J connectivity index is 1.76. The Morgan fingerprint density at radius 1 is 1.19 bits per heavy atom. The first-order valence-electron chi connectivity index (χ1n) is 6.96. The normalized spacial score (nSPS) is 12.5. The van der Waals surface area contributed by atoms with Gasteiger partial charge in [0.05, 0.1) is 7.11 Å². The molecule has 1 N–H and O–H groups in total. The van der Waals surface area contributed by atoms with Gasteiger partial charge >= 0.3 is 0 Å². The van der Waals surface area contributed by atoms with E-state index < -0.39 is 0 Å². The summed E-state index contributed by atoms with van der Waals surface area (Å²) in [4.78, 5) is 4.29. The van der Waals surface area contributed by atoms with E-state index in [-0.39, 0.29) is 0 Å². The van der Waals surface area contributed by atoms with E-state index in [2.05, 4.69) is 47.6 Å². The van der Waals surface area contributed by atoms with Gasteiger partial charge in [-0.2, -0.15) is 0 Å². The molecule has 0 amide bonds. The largest absolute Gasteiger partial charge is 0.497 e. The highest BCUT2D eigenvalue weighted by atomic mass is 32.1. The smallest absolute Gasteiger partial charge is 0.119 e. The molecule has 3 rings (SSSR count). The predicted molar refractivity (Wildman–Crippen MR) is 87.9 cm³/mol. The maximum Gasteiger partial charge on any atom is 0.119 e. The van der Waals surface area contributed by atoms with Crippen molar-refractivity contribution in [2.45, 2.75) is 19.5 Å². The topological polar surface area (TPSA) is 34.1 Å². The van der Waals surface area contributed by atoms with Crippen LogP contribution in [0.4, 0.5) is 0 Å². The number of ether oxygens (including phenoxy) is 1. The molecule has 2 aromatic carbocycles. The van der Waals surface area contributed by atoms with Gasteiger partial charge in [-0.1, -0.05) is 18.2 Å². The fraction of sp³-hybridized carbons (Fsp3) is 0.235. The van der Waals surface area contributed by atoms with Crippen LogP contribution in [0.5, 0.6) is 5.75 Å². The molecule has 0 aliphatic heterocycles. The first-order valence-corrected chi connectivity index (χ1v) is 7.83. The van der Waals surface area contributed by atoms with Crippen LogP contribution in [0.1, 0.15) is 23.5 Å². The van der Waals surface area contributed by atoms with Crippen molar-refractivity contribution in [2.24, 2.45) is 0 Å². The lowest BCUT2D eigenvalue weighted by molar-refractivity contribution is 0.415. The second kappa shape index (κ2) is 6.24. The number of rotatable bonds is 5. The highest BCUT2D eigenvalue weighted by molar-refractivity contribution is 7.09. The Bertz CT molecular complexity index is 725. The molecule has 1 atom stereocenters. The number of methoxy groups -OCH3 is 1. The van der Waals surface area contributed by atoms with E-state index in [1.807, 2.05) is 17.6 Å². The van der Waals surface area contributed by atoms with Crippen LogP contribution in [-0.2, 0) is 6.54 Å². The average Bonchev–Trinajstić information content (AvgIpc) is 3.05. The Kier molecular flexibility index (Phi) is 4.18. The lowest BCUT2D eigenvalue weighted by atomic mass is 10.0. The summed E-state index contributed by atoms with van der Waals surface area (Å²) in [6.45, 7) is 2.98. The molecule has 0 bridgehead atoms. The molecular formula is C17H18N2OS. The van der Waals surface area contributed by atoms with Gasteiger partial charge in [0.2, 0.25) is 0 Å². The van der Waals surface area contributed by atoms with E-state index in [1.54, 1.807) is 18.4 Å². The molecule has 3 nitrogen and oxygen atoms in total. The zero-order chi connectivity index (χ0) is 14.7. The summed E-state index contributed by atoms with van der Waals surface area (Å²) in [6, 6.07) is 13.0. The maximum atomic E-state index is 5.26. The molecule has 0 saturated carbocycles. The highest BCUT2D eigenvalue weighted by Crippen LogP contribution is 2.24. The van der Waals surface area contributed by atoms with Gasteiger partial charge < -0.3 is 10.1 Å². The molecule has 4 heteroatoms. The lowest BCUT2D eigenvalue weighted by Crippen LogP contribution is -2.17. The van der Waals surface area contributed by atoms with Crippen molar-refractivity contribution in [1.29, 1.82) is 0 Å². The quantitative estimate of drug-likeness (QED) is 0.768. The van der Waals surface area contributed by atoms with Gasteiger partial charge in [-0.05, 0) is 41.5 Å². The van der Waals surface area contributed by atoms with Crippen molar-refractivity contribution in [3.63, 3.8) is 0 Å². The molecule has 0 fully saturated rings. The standard InChI is InChI=1S/C17H18N2OS/c1-12(19-11-17-18-7-8-21-17)13-3-4-15-10-16(20-2)6-5-14(15)9-13/h3-10,12,19H,11H2,1-2H3. The van der Waals surface area contributed by atoms with Crippen LogP contribution in [0, 0.1) is 0 Å². The SMILES string of the molecule is COc1ccc2cc(C(C)NCc3nccs3)ccc2c1. The fourth-order valence-electron chi connectivity index (χ4n) is 2.34. The van der Waals surface area contributed by atoms with Gasteiger partial charge in [-0.15, -0.1) is 11.3 Å².